The van der Waals surface area contributed by atoms with Crippen molar-refractivity contribution in [3.05, 3.63) is 0 Å². The molecule has 108 valence electrons. The Kier molecular flexibility index (Phi) is 14.0. The first-order valence-electron chi connectivity index (χ1n) is 7.47. The van der Waals surface area contributed by atoms with Crippen molar-refractivity contribution in [2.75, 3.05) is 0 Å². The maximum atomic E-state index is 10.9. The summed E-state index contributed by atoms with van der Waals surface area (Å²) in [5.74, 6) is 1.67. The normalized spacial score (nSPS) is 13.2. The zero-order valence-electron chi connectivity index (χ0n) is 13.2. The highest BCUT2D eigenvalue weighted by Gasteiger charge is 2.07. The van der Waals surface area contributed by atoms with Crippen LogP contribution in [0.5, 0.6) is 0 Å². The predicted octanol–water partition coefficient (Wildman–Crippen LogP) is 4.80. The van der Waals surface area contributed by atoms with Crippen LogP contribution in [0.25, 0.3) is 0 Å². The minimum Gasteiger partial charge on any atom is -0.300 e. The Hall–Kier alpha value is -0.660. The van der Waals surface area contributed by atoms with Gasteiger partial charge in [0.05, 0.1) is 0 Å². The summed E-state index contributed by atoms with van der Waals surface area (Å²) in [6.45, 7) is 12.2. The van der Waals surface area contributed by atoms with Crippen LogP contribution >= 0.6 is 0 Å². The summed E-state index contributed by atoms with van der Waals surface area (Å²) in [5.41, 5.74) is 0. The van der Waals surface area contributed by atoms with Crippen LogP contribution in [0, 0.1) is 11.8 Å². The smallest absolute Gasteiger partial charge is 0.135 e. The van der Waals surface area contributed by atoms with Gasteiger partial charge in [-0.1, -0.05) is 54.4 Å². The molecule has 0 amide bonds. The molecule has 0 aromatic carbocycles. The van der Waals surface area contributed by atoms with Gasteiger partial charge in [-0.2, -0.15) is 0 Å². The molecule has 0 aliphatic heterocycles. The lowest BCUT2D eigenvalue weighted by molar-refractivity contribution is -0.122. The molecule has 0 saturated carbocycles. The third-order valence-corrected chi connectivity index (χ3v) is 3.29. The van der Waals surface area contributed by atoms with E-state index in [1.165, 1.54) is 0 Å². The Labute approximate surface area is 114 Å². The molecular weight excluding hydrogens is 224 g/mol. The molecule has 0 aliphatic rings. The van der Waals surface area contributed by atoms with Crippen LogP contribution < -0.4 is 0 Å². The van der Waals surface area contributed by atoms with E-state index in [-0.39, 0.29) is 0 Å². The highest BCUT2D eigenvalue weighted by molar-refractivity contribution is 5.80. The van der Waals surface area contributed by atoms with Crippen LogP contribution in [-0.2, 0) is 9.59 Å². The lowest BCUT2D eigenvalue weighted by Crippen LogP contribution is -2.08. The van der Waals surface area contributed by atoms with Crippen molar-refractivity contribution in [3.63, 3.8) is 0 Å². The van der Waals surface area contributed by atoms with E-state index >= 15 is 0 Å². The molecule has 0 heterocycles. The molecule has 0 aliphatic carbocycles. The number of rotatable bonds is 8. The van der Waals surface area contributed by atoms with E-state index in [2.05, 4.69) is 20.8 Å². The fourth-order valence-electron chi connectivity index (χ4n) is 1.62. The Morgan fingerprint density at radius 3 is 1.83 bits per heavy atom. The van der Waals surface area contributed by atoms with Crippen molar-refractivity contribution in [1.82, 2.24) is 0 Å². The summed E-state index contributed by atoms with van der Waals surface area (Å²) in [6.07, 6.45) is 5.45. The summed E-state index contributed by atoms with van der Waals surface area (Å²) in [6, 6.07) is 0. The Bertz CT molecular complexity index is 221. The number of carbonyl (C=O) groups excluding carboxylic acids is 2. The van der Waals surface area contributed by atoms with Gasteiger partial charge in [-0.25, -0.2) is 0 Å². The number of carbonyl (C=O) groups is 2. The van der Waals surface area contributed by atoms with Gasteiger partial charge in [0.2, 0.25) is 0 Å². The van der Waals surface area contributed by atoms with Gasteiger partial charge < -0.3 is 0 Å². The average molecular weight is 256 g/mol. The highest BCUT2D eigenvalue weighted by Crippen LogP contribution is 2.08. The van der Waals surface area contributed by atoms with Gasteiger partial charge in [-0.15, -0.1) is 0 Å². The van der Waals surface area contributed by atoms with Crippen molar-refractivity contribution in [2.24, 2.45) is 11.8 Å². The van der Waals surface area contributed by atoms with Gasteiger partial charge in [-0.3, -0.25) is 9.59 Å². The summed E-state index contributed by atoms with van der Waals surface area (Å²) < 4.78 is 0. The summed E-state index contributed by atoms with van der Waals surface area (Å²) in [7, 11) is 0. The number of hydrogen-bond donors (Lipinski definition) is 0. The Balaban J connectivity index is 0. The third-order valence-electron chi connectivity index (χ3n) is 3.29. The van der Waals surface area contributed by atoms with Crippen LogP contribution in [0.2, 0.25) is 0 Å². The first kappa shape index (κ1) is 19.7. The summed E-state index contributed by atoms with van der Waals surface area (Å²) in [5, 5.41) is 0. The molecule has 2 unspecified atom stereocenters. The van der Waals surface area contributed by atoms with Crippen molar-refractivity contribution in [2.45, 2.75) is 80.1 Å². The first-order chi connectivity index (χ1) is 8.42. The maximum Gasteiger partial charge on any atom is 0.135 e. The number of Topliss-reactive ketones (excluding diaryl/α,β-unsaturated/α-hetero) is 2. The second-order valence-electron chi connectivity index (χ2n) is 5.12. The molecule has 0 rings (SSSR count). The zero-order valence-corrected chi connectivity index (χ0v) is 13.2. The van der Waals surface area contributed by atoms with Crippen molar-refractivity contribution >= 4 is 11.6 Å². The molecule has 0 bridgehead atoms. The van der Waals surface area contributed by atoms with Crippen LogP contribution in [0.15, 0.2) is 0 Å². The van der Waals surface area contributed by atoms with Gasteiger partial charge in [0, 0.05) is 25.2 Å². The molecule has 0 aromatic rings. The lowest BCUT2D eigenvalue weighted by atomic mass is 10.00. The highest BCUT2D eigenvalue weighted by atomic mass is 16.1. The van der Waals surface area contributed by atoms with Gasteiger partial charge in [-0.05, 0) is 12.3 Å². The topological polar surface area (TPSA) is 34.1 Å². The second kappa shape index (κ2) is 12.8. The van der Waals surface area contributed by atoms with Crippen molar-refractivity contribution in [1.29, 1.82) is 0 Å². The van der Waals surface area contributed by atoms with Crippen LogP contribution in [0.1, 0.15) is 80.1 Å². The summed E-state index contributed by atoms with van der Waals surface area (Å²) >= 11 is 0. The number of ketones is 2. The van der Waals surface area contributed by atoms with E-state index in [9.17, 15) is 9.59 Å². The first-order valence-corrected chi connectivity index (χ1v) is 7.47. The van der Waals surface area contributed by atoms with Gasteiger partial charge in [0.25, 0.3) is 0 Å². The van der Waals surface area contributed by atoms with E-state index in [1.54, 1.807) is 0 Å². The quantitative estimate of drug-likeness (QED) is 0.625. The molecule has 0 radical (unpaired) electrons. The predicted molar refractivity (Wildman–Crippen MR) is 78.7 cm³/mol. The largest absolute Gasteiger partial charge is 0.300 e. The van der Waals surface area contributed by atoms with E-state index in [1.807, 2.05) is 20.8 Å². The second-order valence-corrected chi connectivity index (χ2v) is 5.12. The standard InChI is InChI=1S/2C8H16O/c1-4-7(3)6-8(9)5-2;1-4-6-7(3)8(9)5-2/h2*7H,4-6H2,1-3H3. The molecule has 2 nitrogen and oxygen atoms in total. The van der Waals surface area contributed by atoms with Gasteiger partial charge in [0.15, 0.2) is 0 Å². The monoisotopic (exact) mass is 256 g/mol. The van der Waals surface area contributed by atoms with E-state index in [0.29, 0.717) is 36.2 Å². The Morgan fingerprint density at radius 1 is 0.944 bits per heavy atom. The summed E-state index contributed by atoms with van der Waals surface area (Å²) in [4.78, 5) is 21.7. The maximum absolute atomic E-state index is 10.9. The van der Waals surface area contributed by atoms with E-state index < -0.39 is 0 Å². The molecule has 2 heteroatoms. The fourth-order valence-corrected chi connectivity index (χ4v) is 1.62. The molecule has 0 saturated heterocycles. The zero-order chi connectivity index (χ0) is 14.6. The van der Waals surface area contributed by atoms with E-state index in [4.69, 9.17) is 0 Å². The molecule has 18 heavy (non-hydrogen) atoms. The molecule has 2 atom stereocenters. The number of hydrogen-bond acceptors (Lipinski definition) is 2. The SMILES string of the molecule is CCC(=O)CC(C)CC.CCCC(C)C(=O)CC. The van der Waals surface area contributed by atoms with Crippen LogP contribution in [0.3, 0.4) is 0 Å². The fraction of sp³-hybridized carbons (Fsp3) is 0.875. The third kappa shape index (κ3) is 11.8. The van der Waals surface area contributed by atoms with Gasteiger partial charge >= 0.3 is 0 Å². The minimum absolute atomic E-state index is 0.292. The van der Waals surface area contributed by atoms with Crippen LogP contribution in [0.4, 0.5) is 0 Å². The minimum atomic E-state index is 0.292. The molecule has 0 spiro atoms. The van der Waals surface area contributed by atoms with Gasteiger partial charge in [0.1, 0.15) is 11.6 Å². The molecular formula is C16H32O2. The van der Waals surface area contributed by atoms with E-state index in [0.717, 1.165) is 25.7 Å². The lowest BCUT2D eigenvalue weighted by Gasteiger charge is -2.04. The van der Waals surface area contributed by atoms with Crippen LogP contribution in [-0.4, -0.2) is 11.6 Å². The van der Waals surface area contributed by atoms with Crippen molar-refractivity contribution < 1.29 is 9.59 Å². The average Bonchev–Trinajstić information content (AvgIpc) is 2.38. The molecule has 0 aromatic heterocycles. The molecule has 0 fully saturated rings. The molecule has 0 N–H and O–H groups in total. The Morgan fingerprint density at radius 2 is 1.50 bits per heavy atom. The van der Waals surface area contributed by atoms with Crippen molar-refractivity contribution in [3.8, 4) is 0 Å².